The fraction of sp³-hybridized carbons (Fsp3) is 0.273. The van der Waals surface area contributed by atoms with Crippen LogP contribution in [0.4, 0.5) is 4.39 Å². The number of carbonyl (C=O) groups is 1. The lowest BCUT2D eigenvalue weighted by Gasteiger charge is -2.18. The predicted octanol–water partition coefficient (Wildman–Crippen LogP) is 6.31. The van der Waals surface area contributed by atoms with E-state index in [0.717, 1.165) is 51.7 Å². The minimum absolute atomic E-state index is 0.0231. The number of nitrogens with one attached hydrogen (secondary N) is 1. The molecule has 5 nitrogen and oxygen atoms in total. The standard InChI is InChI=1S/C33H33FN2O3/c1-21(22-7-3-2-4-8-22)35-31(39)20-27(38)19-26(37)17-18-29-32(23-13-15-25(34)16-14-23)28-9-5-6-10-30(28)36-33(29)24-11-12-24/h2-10,13-18,21,24,26-27,37-38H,11-12,19-20H2,1H3,(H,35,39)/b18-17+/t21-,26+,27+/m1/s1. The molecule has 3 atom stereocenters. The van der Waals surface area contributed by atoms with Crippen LogP contribution in [0.5, 0.6) is 0 Å². The molecule has 200 valence electrons. The fourth-order valence-corrected chi connectivity index (χ4v) is 5.00. The minimum Gasteiger partial charge on any atom is -0.392 e. The molecule has 1 amide bonds. The van der Waals surface area contributed by atoms with Gasteiger partial charge in [-0.3, -0.25) is 9.78 Å². The molecule has 0 radical (unpaired) electrons. The summed E-state index contributed by atoms with van der Waals surface area (Å²) in [6.07, 6.45) is 3.57. The molecule has 1 aromatic heterocycles. The first kappa shape index (κ1) is 26.7. The molecule has 0 aliphatic heterocycles. The van der Waals surface area contributed by atoms with Crippen LogP contribution in [-0.4, -0.2) is 33.3 Å². The van der Waals surface area contributed by atoms with Gasteiger partial charge in [0.2, 0.25) is 5.91 Å². The van der Waals surface area contributed by atoms with Crippen LogP contribution in [0, 0.1) is 5.82 Å². The number of carbonyl (C=O) groups excluding carboxylic acids is 1. The van der Waals surface area contributed by atoms with Gasteiger partial charge in [-0.1, -0.05) is 72.8 Å². The van der Waals surface area contributed by atoms with Gasteiger partial charge in [-0.05, 0) is 49.1 Å². The zero-order valence-electron chi connectivity index (χ0n) is 21.9. The van der Waals surface area contributed by atoms with Crippen molar-refractivity contribution in [3.63, 3.8) is 0 Å². The highest BCUT2D eigenvalue weighted by Crippen LogP contribution is 2.45. The summed E-state index contributed by atoms with van der Waals surface area (Å²) in [7, 11) is 0. The Morgan fingerprint density at radius 3 is 2.44 bits per heavy atom. The highest BCUT2D eigenvalue weighted by Gasteiger charge is 2.29. The SMILES string of the molecule is C[C@@H](NC(=O)C[C@@H](O)C[C@@H](O)/C=C/c1c(C2CC2)nc2ccccc2c1-c1ccc(F)cc1)c1ccccc1. The van der Waals surface area contributed by atoms with Gasteiger partial charge in [0, 0.05) is 28.9 Å². The summed E-state index contributed by atoms with van der Waals surface area (Å²) in [6.45, 7) is 1.89. The van der Waals surface area contributed by atoms with Gasteiger partial charge in [0.15, 0.2) is 0 Å². The van der Waals surface area contributed by atoms with E-state index < -0.39 is 12.2 Å². The van der Waals surface area contributed by atoms with Crippen molar-refractivity contribution < 1.29 is 19.4 Å². The van der Waals surface area contributed by atoms with Gasteiger partial charge >= 0.3 is 0 Å². The summed E-state index contributed by atoms with van der Waals surface area (Å²) in [5.41, 5.74) is 5.53. The summed E-state index contributed by atoms with van der Waals surface area (Å²) >= 11 is 0. The summed E-state index contributed by atoms with van der Waals surface area (Å²) in [5, 5.41) is 25.1. The molecule has 0 spiro atoms. The van der Waals surface area contributed by atoms with E-state index in [0.29, 0.717) is 5.92 Å². The lowest BCUT2D eigenvalue weighted by atomic mass is 9.92. The summed E-state index contributed by atoms with van der Waals surface area (Å²) in [5.74, 6) is -0.238. The van der Waals surface area contributed by atoms with Crippen LogP contribution >= 0.6 is 0 Å². The molecule has 39 heavy (non-hydrogen) atoms. The molecule has 0 unspecified atom stereocenters. The van der Waals surface area contributed by atoms with Crippen molar-refractivity contribution >= 4 is 22.9 Å². The van der Waals surface area contributed by atoms with E-state index in [2.05, 4.69) is 5.32 Å². The van der Waals surface area contributed by atoms with Crippen LogP contribution in [0.25, 0.3) is 28.1 Å². The third-order valence-electron chi connectivity index (χ3n) is 7.15. The third-order valence-corrected chi connectivity index (χ3v) is 7.15. The first-order valence-electron chi connectivity index (χ1n) is 13.5. The monoisotopic (exact) mass is 524 g/mol. The molecule has 0 bridgehead atoms. The number of nitrogens with zero attached hydrogens (tertiary/aromatic N) is 1. The minimum atomic E-state index is -0.998. The fourth-order valence-electron chi connectivity index (χ4n) is 5.00. The molecule has 3 aromatic carbocycles. The highest BCUT2D eigenvalue weighted by atomic mass is 19.1. The van der Waals surface area contributed by atoms with Crippen molar-refractivity contribution in [1.82, 2.24) is 10.3 Å². The average molecular weight is 525 g/mol. The molecule has 6 heteroatoms. The van der Waals surface area contributed by atoms with Crippen molar-refractivity contribution in [2.45, 2.75) is 56.8 Å². The van der Waals surface area contributed by atoms with E-state index in [9.17, 15) is 19.4 Å². The number of aliphatic hydroxyl groups excluding tert-OH is 2. The van der Waals surface area contributed by atoms with Crippen molar-refractivity contribution in [3.05, 3.63) is 108 Å². The quantitative estimate of drug-likeness (QED) is 0.227. The number of fused-ring (bicyclic) bond motifs is 1. The Morgan fingerprint density at radius 1 is 1.03 bits per heavy atom. The summed E-state index contributed by atoms with van der Waals surface area (Å²) < 4.78 is 13.7. The topological polar surface area (TPSA) is 82.5 Å². The molecule has 1 aliphatic carbocycles. The van der Waals surface area contributed by atoms with Crippen molar-refractivity contribution in [2.24, 2.45) is 0 Å². The Kier molecular flexibility index (Phi) is 8.15. The predicted molar refractivity (Wildman–Crippen MR) is 152 cm³/mol. The number of rotatable bonds is 10. The smallest absolute Gasteiger partial charge is 0.223 e. The Morgan fingerprint density at radius 2 is 1.72 bits per heavy atom. The van der Waals surface area contributed by atoms with Gasteiger partial charge in [0.25, 0.3) is 0 Å². The number of benzene rings is 3. The Balaban J connectivity index is 1.34. The molecular weight excluding hydrogens is 491 g/mol. The van der Waals surface area contributed by atoms with E-state index in [1.54, 1.807) is 18.2 Å². The van der Waals surface area contributed by atoms with Crippen LogP contribution in [-0.2, 0) is 4.79 Å². The van der Waals surface area contributed by atoms with Crippen LogP contribution < -0.4 is 5.32 Å². The Hall–Kier alpha value is -3.87. The number of para-hydroxylation sites is 1. The molecule has 1 heterocycles. The van der Waals surface area contributed by atoms with Crippen LogP contribution in [0.2, 0.25) is 0 Å². The van der Waals surface area contributed by atoms with Gasteiger partial charge in [-0.15, -0.1) is 0 Å². The first-order valence-corrected chi connectivity index (χ1v) is 13.5. The summed E-state index contributed by atoms with van der Waals surface area (Å²) in [6, 6.07) is 23.8. The normalized spacial score (nSPS) is 15.8. The molecule has 4 aromatic rings. The number of pyridine rings is 1. The lowest BCUT2D eigenvalue weighted by Crippen LogP contribution is -2.31. The highest BCUT2D eigenvalue weighted by molar-refractivity contribution is 5.99. The number of hydrogen-bond donors (Lipinski definition) is 3. The van der Waals surface area contributed by atoms with Gasteiger partial charge in [0.1, 0.15) is 5.82 Å². The Bertz CT molecular complexity index is 1470. The van der Waals surface area contributed by atoms with Gasteiger partial charge in [0.05, 0.1) is 35.9 Å². The van der Waals surface area contributed by atoms with Crippen molar-refractivity contribution in [2.75, 3.05) is 0 Å². The average Bonchev–Trinajstić information content (AvgIpc) is 3.77. The molecule has 1 fully saturated rings. The number of aliphatic hydroxyl groups is 2. The second kappa shape index (κ2) is 11.9. The van der Waals surface area contributed by atoms with Crippen LogP contribution in [0.1, 0.15) is 61.4 Å². The first-order chi connectivity index (χ1) is 18.9. The Labute approximate surface area is 228 Å². The van der Waals surface area contributed by atoms with Gasteiger partial charge in [-0.2, -0.15) is 0 Å². The zero-order valence-corrected chi connectivity index (χ0v) is 21.9. The maximum atomic E-state index is 13.7. The van der Waals surface area contributed by atoms with Gasteiger partial charge in [-0.25, -0.2) is 4.39 Å². The lowest BCUT2D eigenvalue weighted by molar-refractivity contribution is -0.123. The van der Waals surface area contributed by atoms with E-state index in [1.807, 2.05) is 67.6 Å². The van der Waals surface area contributed by atoms with E-state index >= 15 is 0 Å². The van der Waals surface area contributed by atoms with Crippen molar-refractivity contribution in [1.29, 1.82) is 0 Å². The number of aromatic nitrogens is 1. The molecular formula is C33H33FN2O3. The number of amides is 1. The number of hydrogen-bond acceptors (Lipinski definition) is 4. The molecule has 3 N–H and O–H groups in total. The second-order valence-electron chi connectivity index (χ2n) is 10.3. The van der Waals surface area contributed by atoms with Crippen LogP contribution in [0.15, 0.2) is 84.9 Å². The second-order valence-corrected chi connectivity index (χ2v) is 10.3. The number of halogens is 1. The zero-order chi connectivity index (χ0) is 27.4. The maximum Gasteiger partial charge on any atom is 0.223 e. The van der Waals surface area contributed by atoms with Gasteiger partial charge < -0.3 is 15.5 Å². The molecule has 5 rings (SSSR count). The molecule has 1 aliphatic rings. The van der Waals surface area contributed by atoms with E-state index in [-0.39, 0.29) is 30.6 Å². The summed E-state index contributed by atoms with van der Waals surface area (Å²) in [4.78, 5) is 17.4. The maximum absolute atomic E-state index is 13.7. The molecule has 0 saturated heterocycles. The van der Waals surface area contributed by atoms with E-state index in [4.69, 9.17) is 4.98 Å². The van der Waals surface area contributed by atoms with Crippen molar-refractivity contribution in [3.8, 4) is 11.1 Å². The van der Waals surface area contributed by atoms with E-state index in [1.165, 1.54) is 12.1 Å². The third kappa shape index (κ3) is 6.59. The molecule has 1 saturated carbocycles. The largest absolute Gasteiger partial charge is 0.392 e. The van der Waals surface area contributed by atoms with Crippen LogP contribution in [0.3, 0.4) is 0 Å².